The highest BCUT2D eigenvalue weighted by molar-refractivity contribution is 5.92. The van der Waals surface area contributed by atoms with Gasteiger partial charge >= 0.3 is 0 Å². The van der Waals surface area contributed by atoms with Gasteiger partial charge in [0.1, 0.15) is 0 Å². The maximum Gasteiger partial charge on any atom is 0.246 e. The first kappa shape index (κ1) is 14.3. The van der Waals surface area contributed by atoms with Crippen LogP contribution in [0.3, 0.4) is 0 Å². The van der Waals surface area contributed by atoms with Crippen LogP contribution in [-0.2, 0) is 4.79 Å². The number of rotatable bonds is 4. The van der Waals surface area contributed by atoms with E-state index in [-0.39, 0.29) is 11.4 Å². The van der Waals surface area contributed by atoms with E-state index < -0.39 is 0 Å². The molecule has 0 aliphatic rings. The standard InChI is InChI=1S/C15H22N2O/c1-5-15(2,3)17(4)14(18)11-8-12-6-9-13(16)10-7-12/h6-11H,5,16H2,1-4H3/b11-8+. The van der Waals surface area contributed by atoms with Crippen LogP contribution in [0, 0.1) is 0 Å². The summed E-state index contributed by atoms with van der Waals surface area (Å²) in [6.07, 6.45) is 4.33. The van der Waals surface area contributed by atoms with Crippen molar-refractivity contribution in [2.75, 3.05) is 12.8 Å². The Hall–Kier alpha value is -1.77. The highest BCUT2D eigenvalue weighted by Crippen LogP contribution is 2.17. The third-order valence-corrected chi connectivity index (χ3v) is 3.46. The van der Waals surface area contributed by atoms with Gasteiger partial charge in [0.05, 0.1) is 0 Å². The van der Waals surface area contributed by atoms with E-state index in [2.05, 4.69) is 20.8 Å². The first-order valence-electron chi connectivity index (χ1n) is 6.18. The van der Waals surface area contributed by atoms with Gasteiger partial charge in [-0.2, -0.15) is 0 Å². The van der Waals surface area contributed by atoms with Gasteiger partial charge in [-0.05, 0) is 44.0 Å². The largest absolute Gasteiger partial charge is 0.399 e. The molecule has 1 rings (SSSR count). The Labute approximate surface area is 109 Å². The second-order valence-corrected chi connectivity index (χ2v) is 5.06. The van der Waals surface area contributed by atoms with Crippen molar-refractivity contribution in [3.63, 3.8) is 0 Å². The van der Waals surface area contributed by atoms with E-state index in [0.29, 0.717) is 0 Å². The van der Waals surface area contributed by atoms with Gasteiger partial charge in [0.2, 0.25) is 5.91 Å². The van der Waals surface area contributed by atoms with E-state index >= 15 is 0 Å². The van der Waals surface area contributed by atoms with Crippen LogP contribution in [0.15, 0.2) is 30.3 Å². The molecule has 98 valence electrons. The lowest BCUT2D eigenvalue weighted by Crippen LogP contribution is -2.43. The second-order valence-electron chi connectivity index (χ2n) is 5.06. The van der Waals surface area contributed by atoms with Gasteiger partial charge in [-0.3, -0.25) is 4.79 Å². The summed E-state index contributed by atoms with van der Waals surface area (Å²) in [5.41, 5.74) is 7.18. The van der Waals surface area contributed by atoms with Crippen molar-refractivity contribution in [2.45, 2.75) is 32.7 Å². The Morgan fingerprint density at radius 2 is 1.89 bits per heavy atom. The van der Waals surface area contributed by atoms with Crippen LogP contribution in [0.4, 0.5) is 5.69 Å². The first-order valence-corrected chi connectivity index (χ1v) is 6.18. The van der Waals surface area contributed by atoms with E-state index in [1.54, 1.807) is 11.0 Å². The van der Waals surface area contributed by atoms with Gasteiger partial charge in [-0.1, -0.05) is 19.1 Å². The molecule has 1 aromatic carbocycles. The van der Waals surface area contributed by atoms with Crippen molar-refractivity contribution in [3.05, 3.63) is 35.9 Å². The highest BCUT2D eigenvalue weighted by atomic mass is 16.2. The number of amides is 1. The van der Waals surface area contributed by atoms with Crippen molar-refractivity contribution >= 4 is 17.7 Å². The minimum Gasteiger partial charge on any atom is -0.399 e. The van der Waals surface area contributed by atoms with E-state index in [0.717, 1.165) is 17.7 Å². The lowest BCUT2D eigenvalue weighted by Gasteiger charge is -2.34. The minimum atomic E-state index is -0.122. The molecule has 0 radical (unpaired) electrons. The van der Waals surface area contributed by atoms with Crippen LogP contribution < -0.4 is 5.73 Å². The summed E-state index contributed by atoms with van der Waals surface area (Å²) in [5, 5.41) is 0. The number of carbonyl (C=O) groups excluding carboxylic acids is 1. The predicted octanol–water partition coefficient (Wildman–Crippen LogP) is 2.93. The second kappa shape index (κ2) is 5.71. The van der Waals surface area contributed by atoms with Gasteiger partial charge in [-0.15, -0.1) is 0 Å². The molecule has 0 aliphatic carbocycles. The van der Waals surface area contributed by atoms with Crippen LogP contribution in [0.25, 0.3) is 6.08 Å². The molecular weight excluding hydrogens is 224 g/mol. The third-order valence-electron chi connectivity index (χ3n) is 3.46. The zero-order valence-corrected chi connectivity index (χ0v) is 11.6. The zero-order valence-electron chi connectivity index (χ0n) is 11.6. The number of hydrogen-bond donors (Lipinski definition) is 1. The van der Waals surface area contributed by atoms with E-state index in [9.17, 15) is 4.79 Å². The van der Waals surface area contributed by atoms with Gasteiger partial charge in [0, 0.05) is 24.4 Å². The Morgan fingerprint density at radius 1 is 1.33 bits per heavy atom. The van der Waals surface area contributed by atoms with E-state index in [4.69, 9.17) is 5.73 Å². The summed E-state index contributed by atoms with van der Waals surface area (Å²) >= 11 is 0. The van der Waals surface area contributed by atoms with Crippen LogP contribution in [-0.4, -0.2) is 23.4 Å². The summed E-state index contributed by atoms with van der Waals surface area (Å²) < 4.78 is 0. The SMILES string of the molecule is CCC(C)(C)N(C)C(=O)/C=C/c1ccc(N)cc1. The Bertz CT molecular complexity index is 432. The minimum absolute atomic E-state index is 0.0127. The summed E-state index contributed by atoms with van der Waals surface area (Å²) in [5.74, 6) is 0.0127. The fraction of sp³-hybridized carbons (Fsp3) is 0.400. The fourth-order valence-corrected chi connectivity index (χ4v) is 1.42. The molecular formula is C15H22N2O. The molecule has 1 aromatic rings. The monoisotopic (exact) mass is 246 g/mol. The molecule has 0 aromatic heterocycles. The summed E-state index contributed by atoms with van der Waals surface area (Å²) in [6, 6.07) is 7.43. The van der Waals surface area contributed by atoms with Crippen LogP contribution >= 0.6 is 0 Å². The maximum atomic E-state index is 12.0. The number of benzene rings is 1. The van der Waals surface area contributed by atoms with Gasteiger partial charge in [0.25, 0.3) is 0 Å². The molecule has 3 heteroatoms. The van der Waals surface area contributed by atoms with Crippen LogP contribution in [0.5, 0.6) is 0 Å². The number of hydrogen-bond acceptors (Lipinski definition) is 2. The first-order chi connectivity index (χ1) is 8.36. The van der Waals surface area contributed by atoms with Crippen molar-refractivity contribution in [1.82, 2.24) is 4.90 Å². The Kier molecular flexibility index (Phi) is 4.54. The number of nitrogens with two attached hydrogens (primary N) is 1. The molecule has 0 heterocycles. The topological polar surface area (TPSA) is 46.3 Å². The number of likely N-dealkylation sites (N-methyl/N-ethyl adjacent to an activating group) is 1. The predicted molar refractivity (Wildman–Crippen MR) is 77.0 cm³/mol. The molecule has 2 N–H and O–H groups in total. The molecule has 0 atom stereocenters. The summed E-state index contributed by atoms with van der Waals surface area (Å²) in [4.78, 5) is 13.8. The summed E-state index contributed by atoms with van der Waals surface area (Å²) in [6.45, 7) is 6.19. The normalized spacial score (nSPS) is 11.8. The molecule has 0 spiro atoms. The molecule has 0 fully saturated rings. The third kappa shape index (κ3) is 3.62. The van der Waals surface area contributed by atoms with Crippen LogP contribution in [0.1, 0.15) is 32.8 Å². The van der Waals surface area contributed by atoms with Crippen molar-refractivity contribution in [1.29, 1.82) is 0 Å². The summed E-state index contributed by atoms with van der Waals surface area (Å²) in [7, 11) is 1.83. The molecule has 0 saturated heterocycles. The van der Waals surface area contributed by atoms with Gasteiger partial charge < -0.3 is 10.6 Å². The molecule has 0 aliphatic heterocycles. The highest BCUT2D eigenvalue weighted by Gasteiger charge is 2.23. The zero-order chi connectivity index (χ0) is 13.8. The quantitative estimate of drug-likeness (QED) is 0.656. The fourth-order valence-electron chi connectivity index (χ4n) is 1.42. The lowest BCUT2D eigenvalue weighted by atomic mass is 10.00. The number of nitrogen functional groups attached to an aromatic ring is 1. The molecule has 0 bridgehead atoms. The molecule has 3 nitrogen and oxygen atoms in total. The molecule has 1 amide bonds. The number of nitrogens with zero attached hydrogens (tertiary/aromatic N) is 1. The van der Waals surface area contributed by atoms with Crippen molar-refractivity contribution in [2.24, 2.45) is 0 Å². The Balaban J connectivity index is 2.73. The van der Waals surface area contributed by atoms with Crippen molar-refractivity contribution < 1.29 is 4.79 Å². The average molecular weight is 246 g/mol. The molecule has 0 saturated carbocycles. The molecule has 18 heavy (non-hydrogen) atoms. The lowest BCUT2D eigenvalue weighted by molar-refractivity contribution is -0.129. The van der Waals surface area contributed by atoms with Gasteiger partial charge in [0.15, 0.2) is 0 Å². The van der Waals surface area contributed by atoms with E-state index in [1.165, 1.54) is 0 Å². The number of carbonyl (C=O) groups is 1. The maximum absolute atomic E-state index is 12.0. The van der Waals surface area contributed by atoms with Gasteiger partial charge in [-0.25, -0.2) is 0 Å². The number of anilines is 1. The van der Waals surface area contributed by atoms with Crippen molar-refractivity contribution in [3.8, 4) is 0 Å². The van der Waals surface area contributed by atoms with Crippen LogP contribution in [0.2, 0.25) is 0 Å². The Morgan fingerprint density at radius 3 is 2.39 bits per heavy atom. The average Bonchev–Trinajstić information content (AvgIpc) is 2.36. The molecule has 0 unspecified atom stereocenters. The van der Waals surface area contributed by atoms with E-state index in [1.807, 2.05) is 37.4 Å². The smallest absolute Gasteiger partial charge is 0.246 e.